The zero-order valence-electron chi connectivity index (χ0n) is 6.50. The Bertz CT molecular complexity index is 114. The molecular formula is C7H15NO2. The summed E-state index contributed by atoms with van der Waals surface area (Å²) in [6.07, 6.45) is 1.73. The van der Waals surface area contributed by atoms with Crippen molar-refractivity contribution in [3.05, 3.63) is 0 Å². The second-order valence-electron chi connectivity index (χ2n) is 2.58. The second-order valence-corrected chi connectivity index (χ2v) is 2.58. The molecule has 0 aromatic heterocycles. The van der Waals surface area contributed by atoms with Gasteiger partial charge in [0, 0.05) is 6.04 Å². The Labute approximate surface area is 61.2 Å². The van der Waals surface area contributed by atoms with Crippen molar-refractivity contribution in [3.63, 3.8) is 0 Å². The van der Waals surface area contributed by atoms with Crippen LogP contribution in [0.1, 0.15) is 26.7 Å². The monoisotopic (exact) mass is 145 g/mol. The van der Waals surface area contributed by atoms with Crippen molar-refractivity contribution < 1.29 is 9.90 Å². The van der Waals surface area contributed by atoms with Crippen molar-refractivity contribution in [2.75, 3.05) is 0 Å². The summed E-state index contributed by atoms with van der Waals surface area (Å²) < 4.78 is 0. The van der Waals surface area contributed by atoms with Gasteiger partial charge in [-0.05, 0) is 6.42 Å². The average Bonchev–Trinajstić information content (AvgIpc) is 1.87. The molecule has 10 heavy (non-hydrogen) atoms. The quantitative estimate of drug-likeness (QED) is 0.616. The van der Waals surface area contributed by atoms with Crippen LogP contribution in [-0.4, -0.2) is 17.1 Å². The minimum Gasteiger partial charge on any atom is -0.481 e. The van der Waals surface area contributed by atoms with Gasteiger partial charge in [0.15, 0.2) is 0 Å². The molecular weight excluding hydrogens is 130 g/mol. The minimum atomic E-state index is -0.805. The third-order valence-corrected chi connectivity index (χ3v) is 1.65. The summed E-state index contributed by atoms with van der Waals surface area (Å²) in [5.74, 6) is -1.22. The van der Waals surface area contributed by atoms with Crippen LogP contribution in [-0.2, 0) is 4.79 Å². The summed E-state index contributed by atoms with van der Waals surface area (Å²) in [7, 11) is 0. The van der Waals surface area contributed by atoms with Gasteiger partial charge in [0.05, 0.1) is 5.92 Å². The van der Waals surface area contributed by atoms with Gasteiger partial charge in [0.25, 0.3) is 0 Å². The third-order valence-electron chi connectivity index (χ3n) is 1.65. The van der Waals surface area contributed by atoms with Crippen LogP contribution in [0.25, 0.3) is 0 Å². The number of hydrogen-bond acceptors (Lipinski definition) is 2. The predicted molar refractivity (Wildman–Crippen MR) is 39.7 cm³/mol. The molecule has 3 N–H and O–H groups in total. The van der Waals surface area contributed by atoms with Crippen LogP contribution in [0.3, 0.4) is 0 Å². The van der Waals surface area contributed by atoms with E-state index < -0.39 is 11.9 Å². The van der Waals surface area contributed by atoms with Gasteiger partial charge in [-0.3, -0.25) is 4.79 Å². The van der Waals surface area contributed by atoms with Crippen molar-refractivity contribution in [2.24, 2.45) is 11.7 Å². The van der Waals surface area contributed by atoms with Gasteiger partial charge >= 0.3 is 5.97 Å². The van der Waals surface area contributed by atoms with Crippen LogP contribution in [0.4, 0.5) is 0 Å². The molecule has 2 atom stereocenters. The normalized spacial score (nSPS) is 16.3. The fourth-order valence-corrected chi connectivity index (χ4v) is 0.766. The summed E-state index contributed by atoms with van der Waals surface area (Å²) in [6.45, 7) is 3.64. The van der Waals surface area contributed by atoms with E-state index in [0.717, 1.165) is 12.8 Å². The lowest BCUT2D eigenvalue weighted by molar-refractivity contribution is -0.141. The fraction of sp³-hybridized carbons (Fsp3) is 0.857. The molecule has 0 heterocycles. The first kappa shape index (κ1) is 9.43. The van der Waals surface area contributed by atoms with Gasteiger partial charge < -0.3 is 10.8 Å². The van der Waals surface area contributed by atoms with Crippen LogP contribution < -0.4 is 5.73 Å². The van der Waals surface area contributed by atoms with Gasteiger partial charge in [-0.2, -0.15) is 0 Å². The van der Waals surface area contributed by atoms with E-state index in [1.807, 2.05) is 6.92 Å². The number of nitrogens with two attached hydrogens (primary N) is 1. The first-order valence-corrected chi connectivity index (χ1v) is 3.58. The molecule has 0 bridgehead atoms. The Hall–Kier alpha value is -0.570. The first-order chi connectivity index (χ1) is 4.59. The molecule has 0 radical (unpaired) electrons. The summed E-state index contributed by atoms with van der Waals surface area (Å²) in [6, 6.07) is -0.192. The summed E-state index contributed by atoms with van der Waals surface area (Å²) in [5.41, 5.74) is 5.55. The molecule has 0 aliphatic rings. The second kappa shape index (κ2) is 4.28. The van der Waals surface area contributed by atoms with E-state index in [1.165, 1.54) is 0 Å². The van der Waals surface area contributed by atoms with Crippen molar-refractivity contribution >= 4 is 5.97 Å². The highest BCUT2D eigenvalue weighted by atomic mass is 16.4. The topological polar surface area (TPSA) is 63.3 Å². The van der Waals surface area contributed by atoms with Gasteiger partial charge in [-0.15, -0.1) is 0 Å². The SMILES string of the molecule is CCCC(N)[C@H](C)C(=O)O. The first-order valence-electron chi connectivity index (χ1n) is 3.58. The lowest BCUT2D eigenvalue weighted by atomic mass is 9.99. The third kappa shape index (κ3) is 2.82. The summed E-state index contributed by atoms with van der Waals surface area (Å²) in [4.78, 5) is 10.3. The van der Waals surface area contributed by atoms with Crippen LogP contribution in [0.5, 0.6) is 0 Å². The Kier molecular flexibility index (Phi) is 4.03. The molecule has 0 saturated carbocycles. The molecule has 0 saturated heterocycles. The molecule has 0 amide bonds. The molecule has 3 heteroatoms. The minimum absolute atomic E-state index is 0.192. The number of rotatable bonds is 4. The molecule has 60 valence electrons. The molecule has 0 aliphatic heterocycles. The van der Waals surface area contributed by atoms with Gasteiger partial charge in [0.2, 0.25) is 0 Å². The van der Waals surface area contributed by atoms with E-state index in [2.05, 4.69) is 0 Å². The number of carboxylic acids is 1. The van der Waals surface area contributed by atoms with E-state index in [9.17, 15) is 4.79 Å². The van der Waals surface area contributed by atoms with E-state index >= 15 is 0 Å². The highest BCUT2D eigenvalue weighted by molar-refractivity contribution is 5.70. The van der Waals surface area contributed by atoms with Crippen LogP contribution in [0, 0.1) is 5.92 Å². The molecule has 0 rings (SSSR count). The van der Waals surface area contributed by atoms with Crippen molar-refractivity contribution in [3.8, 4) is 0 Å². The van der Waals surface area contributed by atoms with E-state index in [4.69, 9.17) is 10.8 Å². The highest BCUT2D eigenvalue weighted by Gasteiger charge is 2.18. The molecule has 0 spiro atoms. The van der Waals surface area contributed by atoms with Crippen LogP contribution >= 0.6 is 0 Å². The average molecular weight is 145 g/mol. The Morgan fingerprint density at radius 1 is 1.70 bits per heavy atom. The standard InChI is InChI=1S/C7H15NO2/c1-3-4-6(8)5(2)7(9)10/h5-6H,3-4,8H2,1-2H3,(H,9,10)/t5-,6?/m0/s1. The van der Waals surface area contributed by atoms with E-state index in [-0.39, 0.29) is 6.04 Å². The summed E-state index contributed by atoms with van der Waals surface area (Å²) >= 11 is 0. The van der Waals surface area contributed by atoms with Gasteiger partial charge in [-0.1, -0.05) is 20.3 Å². The number of hydrogen-bond donors (Lipinski definition) is 2. The van der Waals surface area contributed by atoms with Gasteiger partial charge in [0.1, 0.15) is 0 Å². The molecule has 0 fully saturated rings. The van der Waals surface area contributed by atoms with Crippen molar-refractivity contribution in [1.82, 2.24) is 0 Å². The predicted octanol–water partition coefficient (Wildman–Crippen LogP) is 0.835. The molecule has 0 aliphatic carbocycles. The van der Waals surface area contributed by atoms with Crippen LogP contribution in [0.15, 0.2) is 0 Å². The Morgan fingerprint density at radius 3 is 2.50 bits per heavy atom. The maximum atomic E-state index is 10.3. The Morgan fingerprint density at radius 2 is 2.20 bits per heavy atom. The lowest BCUT2D eigenvalue weighted by Gasteiger charge is -2.13. The largest absolute Gasteiger partial charge is 0.481 e. The molecule has 0 aromatic rings. The fourth-order valence-electron chi connectivity index (χ4n) is 0.766. The maximum absolute atomic E-state index is 10.3. The van der Waals surface area contributed by atoms with Crippen molar-refractivity contribution in [2.45, 2.75) is 32.7 Å². The smallest absolute Gasteiger partial charge is 0.307 e. The molecule has 3 nitrogen and oxygen atoms in total. The maximum Gasteiger partial charge on any atom is 0.307 e. The molecule has 1 unspecified atom stereocenters. The van der Waals surface area contributed by atoms with E-state index in [0.29, 0.717) is 0 Å². The number of carbonyl (C=O) groups is 1. The molecule has 0 aromatic carbocycles. The zero-order chi connectivity index (χ0) is 8.15. The zero-order valence-corrected chi connectivity index (χ0v) is 6.50. The summed E-state index contributed by atoms with van der Waals surface area (Å²) in [5, 5.41) is 8.50. The van der Waals surface area contributed by atoms with Crippen LogP contribution in [0.2, 0.25) is 0 Å². The number of aliphatic carboxylic acids is 1. The van der Waals surface area contributed by atoms with Crippen molar-refractivity contribution in [1.29, 1.82) is 0 Å². The van der Waals surface area contributed by atoms with Gasteiger partial charge in [-0.25, -0.2) is 0 Å². The lowest BCUT2D eigenvalue weighted by Crippen LogP contribution is -2.33. The number of carboxylic acid groups (broad SMARTS) is 1. The highest BCUT2D eigenvalue weighted by Crippen LogP contribution is 2.05. The van der Waals surface area contributed by atoms with E-state index in [1.54, 1.807) is 6.92 Å². The Balaban J connectivity index is 3.69.